The Bertz CT molecular complexity index is 708. The van der Waals surface area contributed by atoms with Crippen LogP contribution >= 0.6 is 0 Å². The van der Waals surface area contributed by atoms with E-state index in [4.69, 9.17) is 4.74 Å². The highest BCUT2D eigenvalue weighted by Crippen LogP contribution is 2.33. The number of hydrogen-bond donors (Lipinski definition) is 0. The molecule has 1 saturated heterocycles. The lowest BCUT2D eigenvalue weighted by Gasteiger charge is -2.26. The van der Waals surface area contributed by atoms with Crippen LogP contribution in [0, 0.1) is 6.92 Å². The third kappa shape index (κ3) is 3.22. The smallest absolute Gasteiger partial charge is 0.154 e. The average molecular weight is 327 g/mol. The van der Waals surface area contributed by atoms with Crippen molar-refractivity contribution in [3.05, 3.63) is 47.3 Å². The quantitative estimate of drug-likeness (QED) is 0.758. The number of rotatable bonds is 6. The number of hydrogen-bond acceptors (Lipinski definition) is 4. The maximum atomic E-state index is 11.3. The van der Waals surface area contributed by atoms with Gasteiger partial charge in [-0.15, -0.1) is 0 Å². The third-order valence-corrected chi connectivity index (χ3v) is 4.68. The average Bonchev–Trinajstić information content (AvgIpc) is 3.21. The number of ether oxygens (including phenoxy) is 1. The molecule has 0 aliphatic carbocycles. The first-order valence-electron chi connectivity index (χ1n) is 8.57. The van der Waals surface area contributed by atoms with Gasteiger partial charge >= 0.3 is 0 Å². The highest BCUT2D eigenvalue weighted by atomic mass is 16.5. The van der Waals surface area contributed by atoms with Crippen LogP contribution in [0.2, 0.25) is 0 Å². The van der Waals surface area contributed by atoms with Gasteiger partial charge in [-0.3, -0.25) is 14.4 Å². The highest BCUT2D eigenvalue weighted by molar-refractivity contribution is 5.81. The molecule has 128 valence electrons. The molecular weight excluding hydrogens is 302 g/mol. The Balaban J connectivity index is 1.74. The molecular formula is C19H25N3O2. The molecule has 1 aliphatic heterocycles. The van der Waals surface area contributed by atoms with E-state index in [0.29, 0.717) is 30.1 Å². The van der Waals surface area contributed by atoms with Gasteiger partial charge in [-0.1, -0.05) is 12.1 Å². The number of carbonyl (C=O) groups excluding carboxylic acids is 1. The molecule has 3 rings (SSSR count). The predicted octanol–water partition coefficient (Wildman–Crippen LogP) is 3.76. The summed E-state index contributed by atoms with van der Waals surface area (Å²) in [5.74, 6) is 0.660. The van der Waals surface area contributed by atoms with Crippen LogP contribution in [0.25, 0.3) is 0 Å². The first-order valence-corrected chi connectivity index (χ1v) is 8.57. The van der Waals surface area contributed by atoms with Gasteiger partial charge in [0.15, 0.2) is 6.29 Å². The summed E-state index contributed by atoms with van der Waals surface area (Å²) < 4.78 is 8.08. The number of benzene rings is 1. The van der Waals surface area contributed by atoms with E-state index >= 15 is 0 Å². The summed E-state index contributed by atoms with van der Waals surface area (Å²) in [6.45, 7) is 7.70. The van der Waals surface area contributed by atoms with Crippen molar-refractivity contribution in [2.45, 2.75) is 45.7 Å². The van der Waals surface area contributed by atoms with Crippen LogP contribution in [0.5, 0.6) is 5.75 Å². The molecule has 0 bridgehead atoms. The number of aryl methyl sites for hydroxylation is 1. The third-order valence-electron chi connectivity index (χ3n) is 4.68. The van der Waals surface area contributed by atoms with Gasteiger partial charge < -0.3 is 4.74 Å². The molecule has 0 N–H and O–H groups in total. The van der Waals surface area contributed by atoms with E-state index in [9.17, 15) is 4.79 Å². The van der Waals surface area contributed by atoms with Crippen LogP contribution in [-0.4, -0.2) is 34.2 Å². The van der Waals surface area contributed by atoms with E-state index < -0.39 is 0 Å². The Hall–Kier alpha value is -2.14. The first-order chi connectivity index (χ1) is 11.6. The van der Waals surface area contributed by atoms with E-state index in [-0.39, 0.29) is 0 Å². The van der Waals surface area contributed by atoms with Crippen LogP contribution in [0.4, 0.5) is 0 Å². The zero-order valence-corrected chi connectivity index (χ0v) is 14.6. The Labute approximate surface area is 143 Å². The highest BCUT2D eigenvalue weighted by Gasteiger charge is 2.29. The maximum Gasteiger partial charge on any atom is 0.154 e. The second-order valence-electron chi connectivity index (χ2n) is 6.64. The number of carbonyl (C=O) groups is 1. The van der Waals surface area contributed by atoms with Gasteiger partial charge in [0.05, 0.1) is 17.3 Å². The molecule has 1 aromatic carbocycles. The fraction of sp³-hybridized carbons (Fsp3) is 0.474. The second-order valence-corrected chi connectivity index (χ2v) is 6.64. The maximum absolute atomic E-state index is 11.3. The summed E-state index contributed by atoms with van der Waals surface area (Å²) in [4.78, 5) is 13.6. The van der Waals surface area contributed by atoms with Crippen molar-refractivity contribution in [1.29, 1.82) is 0 Å². The normalized spacial score (nSPS) is 18.2. The number of likely N-dealkylation sites (tertiary alicyclic amines) is 1. The number of aldehydes is 1. The van der Waals surface area contributed by atoms with Crippen molar-refractivity contribution < 1.29 is 9.53 Å². The van der Waals surface area contributed by atoms with E-state index in [2.05, 4.69) is 34.6 Å². The van der Waals surface area contributed by atoms with Crippen LogP contribution in [-0.2, 0) is 0 Å². The van der Waals surface area contributed by atoms with Crippen molar-refractivity contribution >= 4 is 6.29 Å². The van der Waals surface area contributed by atoms with Crippen molar-refractivity contribution in [2.24, 2.45) is 0 Å². The van der Waals surface area contributed by atoms with Gasteiger partial charge in [0.25, 0.3) is 0 Å². The van der Waals surface area contributed by atoms with Crippen LogP contribution in [0.3, 0.4) is 0 Å². The van der Waals surface area contributed by atoms with Gasteiger partial charge in [0, 0.05) is 18.8 Å². The van der Waals surface area contributed by atoms with E-state index in [1.54, 1.807) is 0 Å². The second kappa shape index (κ2) is 7.18. The lowest BCUT2D eigenvalue weighted by atomic mass is 10.1. The lowest BCUT2D eigenvalue weighted by molar-refractivity contribution is 0.105. The minimum absolute atomic E-state index is 0.319. The topological polar surface area (TPSA) is 47.4 Å². The summed E-state index contributed by atoms with van der Waals surface area (Å²) in [5.41, 5.74) is 2.82. The molecule has 1 fully saturated rings. The monoisotopic (exact) mass is 327 g/mol. The lowest BCUT2D eigenvalue weighted by Crippen LogP contribution is -2.29. The molecule has 1 aliphatic rings. The van der Waals surface area contributed by atoms with Gasteiger partial charge in [-0.25, -0.2) is 0 Å². The summed E-state index contributed by atoms with van der Waals surface area (Å²) >= 11 is 0. The zero-order chi connectivity index (χ0) is 17.1. The van der Waals surface area contributed by atoms with Gasteiger partial charge in [0.1, 0.15) is 12.5 Å². The molecule has 2 aromatic rings. The Morgan fingerprint density at radius 3 is 2.96 bits per heavy atom. The number of aromatic nitrogens is 2. The summed E-state index contributed by atoms with van der Waals surface area (Å²) in [7, 11) is 0. The zero-order valence-electron chi connectivity index (χ0n) is 14.6. The SMILES string of the molecule is Cc1cccc(OCN2CCCC2c2ccnn2C(C)C)c1C=O. The minimum atomic E-state index is 0.319. The molecule has 0 amide bonds. The molecule has 0 saturated carbocycles. The summed E-state index contributed by atoms with van der Waals surface area (Å²) in [6, 6.07) is 8.48. The van der Waals surface area contributed by atoms with Crippen molar-refractivity contribution in [3.8, 4) is 5.75 Å². The molecule has 0 radical (unpaired) electrons. The van der Waals surface area contributed by atoms with Crippen LogP contribution < -0.4 is 4.74 Å². The Morgan fingerprint density at radius 2 is 2.21 bits per heavy atom. The number of nitrogens with zero attached hydrogens (tertiary/aromatic N) is 3. The minimum Gasteiger partial charge on any atom is -0.477 e. The van der Waals surface area contributed by atoms with Gasteiger partial charge in [0.2, 0.25) is 0 Å². The fourth-order valence-electron chi connectivity index (χ4n) is 3.42. The molecule has 0 spiro atoms. The molecule has 24 heavy (non-hydrogen) atoms. The van der Waals surface area contributed by atoms with E-state index in [1.165, 1.54) is 5.69 Å². The standard InChI is InChI=1S/C19H25N3O2/c1-14(2)22-18(9-10-20-22)17-7-5-11-21(17)13-24-19-8-4-6-15(3)16(19)12-23/h4,6,8-10,12,14,17H,5,7,11,13H2,1-3H3. The van der Waals surface area contributed by atoms with Gasteiger partial charge in [-0.2, -0.15) is 5.10 Å². The Morgan fingerprint density at radius 1 is 1.38 bits per heavy atom. The van der Waals surface area contributed by atoms with Crippen molar-refractivity contribution in [1.82, 2.24) is 14.7 Å². The predicted molar refractivity (Wildman–Crippen MR) is 93.4 cm³/mol. The van der Waals surface area contributed by atoms with E-state index in [0.717, 1.165) is 31.2 Å². The molecule has 1 unspecified atom stereocenters. The molecule has 5 heteroatoms. The largest absolute Gasteiger partial charge is 0.477 e. The first kappa shape index (κ1) is 16.7. The molecule has 2 heterocycles. The summed E-state index contributed by atoms with van der Waals surface area (Å²) in [6.07, 6.45) is 5.00. The fourth-order valence-corrected chi connectivity index (χ4v) is 3.42. The Kier molecular flexibility index (Phi) is 5.00. The van der Waals surface area contributed by atoms with Crippen molar-refractivity contribution in [2.75, 3.05) is 13.3 Å². The van der Waals surface area contributed by atoms with Crippen LogP contribution in [0.15, 0.2) is 30.5 Å². The van der Waals surface area contributed by atoms with E-state index in [1.807, 2.05) is 31.3 Å². The van der Waals surface area contributed by atoms with Gasteiger partial charge in [-0.05, 0) is 51.3 Å². The molecule has 1 aromatic heterocycles. The van der Waals surface area contributed by atoms with Crippen molar-refractivity contribution in [3.63, 3.8) is 0 Å². The summed E-state index contributed by atoms with van der Waals surface area (Å²) in [5, 5.41) is 4.45. The molecule has 1 atom stereocenters. The molecule has 5 nitrogen and oxygen atoms in total. The van der Waals surface area contributed by atoms with Crippen LogP contribution in [0.1, 0.15) is 60.4 Å².